The fourth-order valence-corrected chi connectivity index (χ4v) is 12.9. The summed E-state index contributed by atoms with van der Waals surface area (Å²) in [6.45, 7) is 0. The Hall–Kier alpha value is -12.5. The lowest BCUT2D eigenvalue weighted by atomic mass is 9.97. The highest BCUT2D eigenvalue weighted by Crippen LogP contribution is 2.46. The first-order valence-electron chi connectivity index (χ1n) is 30.0. The normalized spacial score (nSPS) is 11.5. The molecule has 16 rings (SSSR count). The molecule has 10 aromatic carbocycles. The summed E-state index contributed by atoms with van der Waals surface area (Å²) in [4.78, 5) is 18.8. The standard InChI is InChI=1S/C81H46F5N7/c82-77-76(78(83)80(85)81(86)79(77)84)65-46-70(92-71-41-52(56-29-33-88-66(37-56)48-13-5-1-6-14-48)21-25-61(71)62-26-22-53(42-72(62)92)57-30-34-89-67(38-57)49-15-7-2-8-16-49)60(47-87)45-75(65)93-73-43-54(58-31-35-90-68(39-58)50-17-9-3-10-18-50)23-27-63(73)64-28-24-55(44-74(64)93)59-32-36-91-69(40-59)51-19-11-4-12-20-51/h1-46H. The quantitative estimate of drug-likeness (QED) is 0.0732. The maximum absolute atomic E-state index is 17.4. The van der Waals surface area contributed by atoms with Gasteiger partial charge in [-0.2, -0.15) is 5.26 Å². The van der Waals surface area contributed by atoms with Gasteiger partial charge in [0.25, 0.3) is 0 Å². The Morgan fingerprint density at radius 1 is 0.269 bits per heavy atom. The van der Waals surface area contributed by atoms with Crippen LogP contribution in [0.25, 0.3) is 156 Å². The SMILES string of the molecule is N#Cc1cc(-n2c3cc(-c4ccnc(-c5ccccc5)c4)ccc3c3ccc(-c4ccnc(-c5ccccc5)c4)cc32)c(-c2c(F)c(F)c(F)c(F)c2F)cc1-n1c2cc(-c3ccnc(-c4ccccc4)c3)ccc2c2ccc(-c3ccnc(-c4ccccc4)c3)cc21. The molecule has 440 valence electrons. The van der Waals surface area contributed by atoms with Crippen LogP contribution in [0.15, 0.2) is 280 Å². The smallest absolute Gasteiger partial charge is 0.200 e. The van der Waals surface area contributed by atoms with E-state index >= 15 is 22.0 Å². The van der Waals surface area contributed by atoms with E-state index in [0.717, 1.165) is 88.9 Å². The number of nitriles is 1. The van der Waals surface area contributed by atoms with E-state index in [2.05, 4.69) is 6.07 Å². The van der Waals surface area contributed by atoms with Gasteiger partial charge in [0.05, 0.1) is 67.3 Å². The van der Waals surface area contributed by atoms with E-state index in [1.165, 1.54) is 12.1 Å². The number of aromatic nitrogens is 6. The second-order valence-corrected chi connectivity index (χ2v) is 22.7. The first kappa shape index (κ1) is 55.8. The van der Waals surface area contributed by atoms with Gasteiger partial charge in [-0.05, 0) is 129 Å². The first-order chi connectivity index (χ1) is 45.6. The molecule has 6 aromatic heterocycles. The lowest BCUT2D eigenvalue weighted by Crippen LogP contribution is -2.09. The summed E-state index contributed by atoms with van der Waals surface area (Å²) < 4.78 is 86.4. The van der Waals surface area contributed by atoms with E-state index in [1.807, 2.05) is 247 Å². The summed E-state index contributed by atoms with van der Waals surface area (Å²) in [7, 11) is 0. The average Bonchev–Trinajstić information content (AvgIpc) is 1.67. The van der Waals surface area contributed by atoms with E-state index < -0.39 is 34.6 Å². The van der Waals surface area contributed by atoms with Gasteiger partial charge in [-0.1, -0.05) is 170 Å². The molecule has 0 fully saturated rings. The average molecular weight is 1210 g/mol. The van der Waals surface area contributed by atoms with Gasteiger partial charge in [-0.3, -0.25) is 19.9 Å². The second-order valence-electron chi connectivity index (χ2n) is 22.7. The first-order valence-corrected chi connectivity index (χ1v) is 30.0. The van der Waals surface area contributed by atoms with Crippen molar-refractivity contribution >= 4 is 43.6 Å². The lowest BCUT2D eigenvalue weighted by molar-refractivity contribution is 0.381. The van der Waals surface area contributed by atoms with Gasteiger partial charge in [0.15, 0.2) is 23.3 Å². The summed E-state index contributed by atoms with van der Waals surface area (Å²) in [5.74, 6) is -10.7. The molecule has 0 spiro atoms. The van der Waals surface area contributed by atoms with E-state index in [1.54, 1.807) is 29.4 Å². The van der Waals surface area contributed by atoms with E-state index in [-0.39, 0.29) is 22.5 Å². The zero-order chi connectivity index (χ0) is 62.8. The van der Waals surface area contributed by atoms with Gasteiger partial charge in [-0.25, -0.2) is 22.0 Å². The number of pyridine rings is 4. The molecule has 6 heterocycles. The topological polar surface area (TPSA) is 85.2 Å². The van der Waals surface area contributed by atoms with Crippen LogP contribution >= 0.6 is 0 Å². The molecule has 7 nitrogen and oxygen atoms in total. The maximum atomic E-state index is 17.4. The molecule has 16 aromatic rings. The van der Waals surface area contributed by atoms with Crippen LogP contribution in [0.2, 0.25) is 0 Å². The predicted molar refractivity (Wildman–Crippen MR) is 360 cm³/mol. The number of halogens is 5. The molecular weight excluding hydrogens is 1170 g/mol. The molecule has 0 atom stereocenters. The minimum atomic E-state index is -2.31. The van der Waals surface area contributed by atoms with Crippen LogP contribution in [0.5, 0.6) is 0 Å². The van der Waals surface area contributed by atoms with Gasteiger partial charge in [0.1, 0.15) is 6.07 Å². The number of hydrogen-bond donors (Lipinski definition) is 0. The monoisotopic (exact) mass is 1210 g/mol. The molecular formula is C81H46F5N7. The van der Waals surface area contributed by atoms with Crippen molar-refractivity contribution in [3.8, 4) is 118 Å². The van der Waals surface area contributed by atoms with Crippen molar-refractivity contribution in [2.45, 2.75) is 0 Å². The summed E-state index contributed by atoms with van der Waals surface area (Å²) in [6.07, 6.45) is 6.92. The molecule has 0 aliphatic heterocycles. The van der Waals surface area contributed by atoms with Crippen molar-refractivity contribution in [2.24, 2.45) is 0 Å². The van der Waals surface area contributed by atoms with Crippen LogP contribution in [0.3, 0.4) is 0 Å². The van der Waals surface area contributed by atoms with Crippen molar-refractivity contribution in [3.05, 3.63) is 314 Å². The Balaban J connectivity index is 0.997. The number of fused-ring (bicyclic) bond motifs is 6. The largest absolute Gasteiger partial charge is 0.309 e. The number of rotatable bonds is 11. The number of nitrogens with zero attached hydrogens (tertiary/aromatic N) is 7. The molecule has 0 N–H and O–H groups in total. The molecule has 0 aliphatic carbocycles. The van der Waals surface area contributed by atoms with E-state index in [9.17, 15) is 5.26 Å². The maximum Gasteiger partial charge on any atom is 0.200 e. The second kappa shape index (κ2) is 22.8. The Labute approximate surface area is 529 Å². The fraction of sp³-hybridized carbons (Fsp3) is 0. The lowest BCUT2D eigenvalue weighted by Gasteiger charge is -2.20. The van der Waals surface area contributed by atoms with Crippen LogP contribution in [0.1, 0.15) is 5.56 Å². The predicted octanol–water partition coefficient (Wildman–Crippen LogP) is 21.0. The van der Waals surface area contributed by atoms with Gasteiger partial charge < -0.3 is 9.13 Å². The number of hydrogen-bond acceptors (Lipinski definition) is 5. The van der Waals surface area contributed by atoms with Crippen LogP contribution in [-0.4, -0.2) is 29.1 Å². The fourth-order valence-electron chi connectivity index (χ4n) is 12.9. The third-order valence-corrected chi connectivity index (χ3v) is 17.4. The molecule has 0 aliphatic rings. The summed E-state index contributed by atoms with van der Waals surface area (Å²) in [5.41, 5.74) is 13.4. The van der Waals surface area contributed by atoms with Gasteiger partial charge in [0.2, 0.25) is 5.82 Å². The Kier molecular flexibility index (Phi) is 13.7. The molecule has 0 amide bonds. The molecule has 93 heavy (non-hydrogen) atoms. The minimum absolute atomic E-state index is 0.0170. The van der Waals surface area contributed by atoms with E-state index in [0.29, 0.717) is 44.2 Å². The zero-order valence-corrected chi connectivity index (χ0v) is 49.1. The highest BCUT2D eigenvalue weighted by molar-refractivity contribution is 6.13. The molecule has 0 saturated carbocycles. The number of benzene rings is 10. The van der Waals surface area contributed by atoms with Crippen LogP contribution < -0.4 is 0 Å². The van der Waals surface area contributed by atoms with Crippen LogP contribution in [0, 0.1) is 40.4 Å². The van der Waals surface area contributed by atoms with E-state index in [4.69, 9.17) is 19.9 Å². The van der Waals surface area contributed by atoms with Crippen LogP contribution in [-0.2, 0) is 0 Å². The summed E-state index contributed by atoms with van der Waals surface area (Å²) in [6, 6.07) is 83.5. The Morgan fingerprint density at radius 3 is 0.849 bits per heavy atom. The molecule has 0 radical (unpaired) electrons. The van der Waals surface area contributed by atoms with Gasteiger partial charge >= 0.3 is 0 Å². The Morgan fingerprint density at radius 2 is 0.548 bits per heavy atom. The van der Waals surface area contributed by atoms with Crippen molar-refractivity contribution in [3.63, 3.8) is 0 Å². The highest BCUT2D eigenvalue weighted by atomic mass is 19.2. The molecule has 0 unspecified atom stereocenters. The molecule has 0 bridgehead atoms. The minimum Gasteiger partial charge on any atom is -0.309 e. The molecule has 0 saturated heterocycles. The van der Waals surface area contributed by atoms with Crippen molar-refractivity contribution in [1.82, 2.24) is 29.1 Å². The Bertz CT molecular complexity index is 5400. The van der Waals surface area contributed by atoms with Gasteiger partial charge in [0, 0.05) is 74.1 Å². The summed E-state index contributed by atoms with van der Waals surface area (Å²) in [5, 5.41) is 14.8. The van der Waals surface area contributed by atoms with Crippen molar-refractivity contribution in [1.29, 1.82) is 5.26 Å². The van der Waals surface area contributed by atoms with Crippen molar-refractivity contribution in [2.75, 3.05) is 0 Å². The van der Waals surface area contributed by atoms with Gasteiger partial charge in [-0.15, -0.1) is 0 Å². The molecule has 12 heteroatoms. The third kappa shape index (κ3) is 9.74. The van der Waals surface area contributed by atoms with Crippen LogP contribution in [0.4, 0.5) is 22.0 Å². The zero-order valence-electron chi connectivity index (χ0n) is 49.1. The highest BCUT2D eigenvalue weighted by Gasteiger charge is 2.31. The summed E-state index contributed by atoms with van der Waals surface area (Å²) >= 11 is 0. The van der Waals surface area contributed by atoms with Crippen molar-refractivity contribution < 1.29 is 22.0 Å². The third-order valence-electron chi connectivity index (χ3n) is 17.4.